The van der Waals surface area contributed by atoms with Crippen molar-refractivity contribution in [3.8, 4) is 0 Å². The van der Waals surface area contributed by atoms with Crippen LogP contribution in [0.3, 0.4) is 0 Å². The van der Waals surface area contributed by atoms with Crippen molar-refractivity contribution in [2.45, 2.75) is 39.2 Å². The van der Waals surface area contributed by atoms with Crippen LogP contribution in [0.2, 0.25) is 0 Å². The molecule has 0 aliphatic carbocycles. The Balaban J connectivity index is 2.04. The van der Waals surface area contributed by atoms with Crippen molar-refractivity contribution in [2.75, 3.05) is 6.54 Å². The summed E-state index contributed by atoms with van der Waals surface area (Å²) in [6, 6.07) is 9.21. The average Bonchev–Trinajstić information content (AvgIpc) is 3.02. The van der Waals surface area contributed by atoms with Crippen LogP contribution in [0.5, 0.6) is 0 Å². The summed E-state index contributed by atoms with van der Waals surface area (Å²) < 4.78 is 0. The lowest BCUT2D eigenvalue weighted by atomic mass is 9.90. The second kappa shape index (κ2) is 6.21. The van der Waals surface area contributed by atoms with E-state index in [2.05, 4.69) is 68.0 Å². The van der Waals surface area contributed by atoms with Crippen LogP contribution in [-0.4, -0.2) is 6.54 Å². The molecule has 19 heavy (non-hydrogen) atoms. The SMILES string of the molecule is CC(C)C(NCC(C)(C)c1cccs1)c1cccs1. The van der Waals surface area contributed by atoms with Gasteiger partial charge in [-0.1, -0.05) is 39.8 Å². The van der Waals surface area contributed by atoms with Crippen molar-refractivity contribution in [1.29, 1.82) is 0 Å². The molecule has 0 radical (unpaired) electrons. The Morgan fingerprint density at radius 3 is 2.32 bits per heavy atom. The van der Waals surface area contributed by atoms with Gasteiger partial charge >= 0.3 is 0 Å². The molecule has 0 saturated heterocycles. The molecule has 1 atom stereocenters. The van der Waals surface area contributed by atoms with Gasteiger partial charge in [0.1, 0.15) is 0 Å². The predicted molar refractivity (Wildman–Crippen MR) is 87.2 cm³/mol. The zero-order valence-corrected chi connectivity index (χ0v) is 13.8. The lowest BCUT2D eigenvalue weighted by molar-refractivity contribution is 0.369. The van der Waals surface area contributed by atoms with Gasteiger partial charge in [0.2, 0.25) is 0 Å². The fourth-order valence-corrected chi connectivity index (χ4v) is 4.07. The van der Waals surface area contributed by atoms with E-state index in [0.29, 0.717) is 12.0 Å². The molecular formula is C16H23NS2. The van der Waals surface area contributed by atoms with Gasteiger partial charge in [-0.15, -0.1) is 22.7 Å². The van der Waals surface area contributed by atoms with E-state index in [1.54, 1.807) is 0 Å². The summed E-state index contributed by atoms with van der Waals surface area (Å²) in [4.78, 5) is 2.89. The molecule has 0 spiro atoms. The van der Waals surface area contributed by atoms with Crippen molar-refractivity contribution in [2.24, 2.45) is 5.92 Å². The van der Waals surface area contributed by atoms with E-state index in [-0.39, 0.29) is 5.41 Å². The highest BCUT2D eigenvalue weighted by Crippen LogP contribution is 2.30. The van der Waals surface area contributed by atoms with Gasteiger partial charge in [0, 0.05) is 27.8 Å². The monoisotopic (exact) mass is 293 g/mol. The van der Waals surface area contributed by atoms with Gasteiger partial charge in [-0.2, -0.15) is 0 Å². The number of hydrogen-bond acceptors (Lipinski definition) is 3. The van der Waals surface area contributed by atoms with Crippen molar-refractivity contribution in [3.05, 3.63) is 44.8 Å². The van der Waals surface area contributed by atoms with Crippen LogP contribution in [-0.2, 0) is 5.41 Å². The molecule has 0 fully saturated rings. The smallest absolute Gasteiger partial charge is 0.0438 e. The molecule has 2 aromatic rings. The van der Waals surface area contributed by atoms with Crippen LogP contribution < -0.4 is 5.32 Å². The van der Waals surface area contributed by atoms with Crippen LogP contribution in [0.1, 0.15) is 43.5 Å². The molecule has 0 aliphatic rings. The summed E-state index contributed by atoms with van der Waals surface area (Å²) >= 11 is 3.70. The molecule has 2 rings (SSSR count). The minimum Gasteiger partial charge on any atom is -0.308 e. The van der Waals surface area contributed by atoms with E-state index in [0.717, 1.165) is 6.54 Å². The minimum absolute atomic E-state index is 0.193. The zero-order chi connectivity index (χ0) is 13.9. The molecule has 104 valence electrons. The second-order valence-corrected chi connectivity index (χ2v) is 7.91. The fraction of sp³-hybridized carbons (Fsp3) is 0.500. The van der Waals surface area contributed by atoms with E-state index >= 15 is 0 Å². The molecule has 0 bridgehead atoms. The van der Waals surface area contributed by atoms with Gasteiger partial charge in [0.25, 0.3) is 0 Å². The van der Waals surface area contributed by atoms with Crippen LogP contribution >= 0.6 is 22.7 Å². The maximum atomic E-state index is 3.77. The van der Waals surface area contributed by atoms with Crippen molar-refractivity contribution >= 4 is 22.7 Å². The second-order valence-electron chi connectivity index (χ2n) is 5.98. The molecule has 1 nitrogen and oxygen atoms in total. The summed E-state index contributed by atoms with van der Waals surface area (Å²) in [5.41, 5.74) is 0.193. The van der Waals surface area contributed by atoms with Crippen LogP contribution in [0.15, 0.2) is 35.0 Å². The number of thiophene rings is 2. The minimum atomic E-state index is 0.193. The number of rotatable bonds is 6. The summed E-state index contributed by atoms with van der Waals surface area (Å²) in [6.45, 7) is 10.2. The largest absolute Gasteiger partial charge is 0.308 e. The van der Waals surface area contributed by atoms with Gasteiger partial charge in [0.15, 0.2) is 0 Å². The fourth-order valence-electron chi connectivity index (χ4n) is 2.25. The topological polar surface area (TPSA) is 12.0 Å². The molecule has 0 aromatic carbocycles. The van der Waals surface area contributed by atoms with Crippen LogP contribution in [0, 0.1) is 5.92 Å². The van der Waals surface area contributed by atoms with E-state index < -0.39 is 0 Å². The Labute approximate surface area is 124 Å². The quantitative estimate of drug-likeness (QED) is 0.783. The Morgan fingerprint density at radius 1 is 1.11 bits per heavy atom. The molecule has 1 N–H and O–H groups in total. The van der Waals surface area contributed by atoms with Gasteiger partial charge in [-0.25, -0.2) is 0 Å². The zero-order valence-electron chi connectivity index (χ0n) is 12.1. The number of nitrogens with one attached hydrogen (secondary N) is 1. The summed E-state index contributed by atoms with van der Waals surface area (Å²) in [7, 11) is 0. The number of hydrogen-bond donors (Lipinski definition) is 1. The molecule has 3 heteroatoms. The van der Waals surface area contributed by atoms with E-state index in [1.807, 2.05) is 22.7 Å². The molecule has 0 amide bonds. The lowest BCUT2D eigenvalue weighted by Gasteiger charge is -2.29. The third-order valence-corrected chi connectivity index (χ3v) is 5.66. The summed E-state index contributed by atoms with van der Waals surface area (Å²) in [6.07, 6.45) is 0. The highest BCUT2D eigenvalue weighted by atomic mass is 32.1. The van der Waals surface area contributed by atoms with Crippen LogP contribution in [0.25, 0.3) is 0 Å². The normalized spacial score (nSPS) is 13.9. The lowest BCUT2D eigenvalue weighted by Crippen LogP contribution is -2.36. The van der Waals surface area contributed by atoms with Crippen LogP contribution in [0.4, 0.5) is 0 Å². The molecular weight excluding hydrogens is 270 g/mol. The first kappa shape index (κ1) is 14.8. The first-order valence-corrected chi connectivity index (χ1v) is 8.57. The third-order valence-electron chi connectivity index (χ3n) is 3.47. The molecule has 1 unspecified atom stereocenters. The standard InChI is InChI=1S/C16H23NS2/c1-12(2)15(13-7-5-9-18-13)17-11-16(3,4)14-8-6-10-19-14/h5-10,12,15,17H,11H2,1-4H3. The molecule has 2 heterocycles. The maximum absolute atomic E-state index is 3.77. The maximum Gasteiger partial charge on any atom is 0.0438 e. The first-order valence-electron chi connectivity index (χ1n) is 6.81. The van der Waals surface area contributed by atoms with E-state index in [4.69, 9.17) is 0 Å². The third kappa shape index (κ3) is 3.68. The predicted octanol–water partition coefficient (Wildman–Crippen LogP) is 5.07. The average molecular weight is 294 g/mol. The Kier molecular flexibility index (Phi) is 4.82. The Morgan fingerprint density at radius 2 is 1.79 bits per heavy atom. The van der Waals surface area contributed by atoms with Gasteiger partial charge in [0.05, 0.1) is 0 Å². The highest BCUT2D eigenvalue weighted by molar-refractivity contribution is 7.10. The Hall–Kier alpha value is -0.640. The Bertz CT molecular complexity index is 469. The highest BCUT2D eigenvalue weighted by Gasteiger charge is 2.24. The molecule has 0 aliphatic heterocycles. The summed E-state index contributed by atoms with van der Waals surface area (Å²) in [5, 5.41) is 8.09. The van der Waals surface area contributed by atoms with Crippen molar-refractivity contribution in [1.82, 2.24) is 5.32 Å². The van der Waals surface area contributed by atoms with Gasteiger partial charge in [-0.3, -0.25) is 0 Å². The van der Waals surface area contributed by atoms with E-state index in [9.17, 15) is 0 Å². The molecule has 2 aromatic heterocycles. The van der Waals surface area contributed by atoms with Crippen molar-refractivity contribution < 1.29 is 0 Å². The van der Waals surface area contributed by atoms with E-state index in [1.165, 1.54) is 9.75 Å². The van der Waals surface area contributed by atoms with Gasteiger partial charge in [-0.05, 0) is 28.8 Å². The van der Waals surface area contributed by atoms with Crippen molar-refractivity contribution in [3.63, 3.8) is 0 Å². The molecule has 0 saturated carbocycles. The summed E-state index contributed by atoms with van der Waals surface area (Å²) in [5.74, 6) is 0.609. The van der Waals surface area contributed by atoms with Gasteiger partial charge < -0.3 is 5.32 Å². The first-order chi connectivity index (χ1) is 9.00.